The molecule has 1 aliphatic rings. The fourth-order valence-corrected chi connectivity index (χ4v) is 3.46. The Labute approximate surface area is 172 Å². The SMILES string of the molecule is CC(C)c1nc(C(=N)CC2C(N)=NCCN2Cc2c(Cl)ccc(F)c2Cl)no1. The van der Waals surface area contributed by atoms with E-state index >= 15 is 0 Å². The minimum Gasteiger partial charge on any atom is -0.386 e. The Balaban J connectivity index is 1.81. The lowest BCUT2D eigenvalue weighted by atomic mass is 10.0. The fraction of sp³-hybridized carbons (Fsp3) is 0.444. The average Bonchev–Trinajstić information content (AvgIpc) is 3.15. The van der Waals surface area contributed by atoms with Crippen LogP contribution in [-0.4, -0.2) is 45.7 Å². The van der Waals surface area contributed by atoms with E-state index in [2.05, 4.69) is 15.1 Å². The number of nitrogens with two attached hydrogens (primary N) is 1. The Hall–Kier alpha value is -2.03. The molecule has 150 valence electrons. The molecule has 0 fully saturated rings. The summed E-state index contributed by atoms with van der Waals surface area (Å²) >= 11 is 12.3. The van der Waals surface area contributed by atoms with Crippen molar-refractivity contribution in [3.63, 3.8) is 0 Å². The summed E-state index contributed by atoms with van der Waals surface area (Å²) < 4.78 is 19.0. The van der Waals surface area contributed by atoms with E-state index in [4.69, 9.17) is 38.9 Å². The van der Waals surface area contributed by atoms with Crippen molar-refractivity contribution in [1.29, 1.82) is 5.41 Å². The van der Waals surface area contributed by atoms with Gasteiger partial charge in [0.2, 0.25) is 11.7 Å². The molecule has 0 bridgehead atoms. The summed E-state index contributed by atoms with van der Waals surface area (Å²) in [6, 6.07) is 2.33. The standard InChI is InChI=1S/C18H21Cl2FN6O/c1-9(2)18-25-17(26-28-18)13(22)7-14-16(23)24-5-6-27(14)8-10-11(19)3-4-12(21)15(10)20/h3-4,9,14,22H,5-8H2,1-2H3,(H2,23,24). The van der Waals surface area contributed by atoms with Gasteiger partial charge < -0.3 is 15.7 Å². The van der Waals surface area contributed by atoms with Crippen LogP contribution in [0.1, 0.15) is 43.5 Å². The Morgan fingerprint density at radius 3 is 2.86 bits per heavy atom. The number of nitrogens with zero attached hydrogens (tertiary/aromatic N) is 4. The number of aliphatic imine (C=N–C) groups is 1. The molecule has 0 spiro atoms. The summed E-state index contributed by atoms with van der Waals surface area (Å²) in [5, 5.41) is 12.6. The van der Waals surface area contributed by atoms with Gasteiger partial charge >= 0.3 is 0 Å². The predicted molar refractivity (Wildman–Crippen MR) is 107 cm³/mol. The van der Waals surface area contributed by atoms with Crippen LogP contribution in [0.2, 0.25) is 10.0 Å². The van der Waals surface area contributed by atoms with Gasteiger partial charge in [-0.3, -0.25) is 9.89 Å². The number of hydrogen-bond donors (Lipinski definition) is 2. The quantitative estimate of drug-likeness (QED) is 0.541. The van der Waals surface area contributed by atoms with Crippen LogP contribution in [0.25, 0.3) is 0 Å². The molecule has 1 unspecified atom stereocenters. The van der Waals surface area contributed by atoms with Gasteiger partial charge in [-0.15, -0.1) is 0 Å². The average molecular weight is 427 g/mol. The zero-order valence-corrected chi connectivity index (χ0v) is 17.1. The molecule has 0 amide bonds. The first kappa shape index (κ1) is 20.7. The van der Waals surface area contributed by atoms with Crippen LogP contribution in [0, 0.1) is 11.2 Å². The second-order valence-electron chi connectivity index (χ2n) is 6.91. The third-order valence-corrected chi connectivity index (χ3v) is 5.33. The van der Waals surface area contributed by atoms with Crippen LogP contribution in [0.4, 0.5) is 4.39 Å². The number of nitrogens with one attached hydrogen (secondary N) is 1. The first-order chi connectivity index (χ1) is 13.3. The van der Waals surface area contributed by atoms with Crippen molar-refractivity contribution in [2.24, 2.45) is 10.7 Å². The lowest BCUT2D eigenvalue weighted by Crippen LogP contribution is -2.50. The van der Waals surface area contributed by atoms with Crippen molar-refractivity contribution in [3.8, 4) is 0 Å². The van der Waals surface area contributed by atoms with Gasteiger partial charge in [0.1, 0.15) is 11.7 Å². The maximum atomic E-state index is 13.9. The van der Waals surface area contributed by atoms with Gasteiger partial charge in [0.25, 0.3) is 0 Å². The van der Waals surface area contributed by atoms with Gasteiger partial charge in [-0.05, 0) is 12.1 Å². The number of halogens is 3. The summed E-state index contributed by atoms with van der Waals surface area (Å²) in [7, 11) is 0. The van der Waals surface area contributed by atoms with E-state index in [0.29, 0.717) is 35.4 Å². The van der Waals surface area contributed by atoms with E-state index in [1.807, 2.05) is 18.7 Å². The monoisotopic (exact) mass is 426 g/mol. The second-order valence-corrected chi connectivity index (χ2v) is 7.69. The zero-order valence-electron chi connectivity index (χ0n) is 15.5. The van der Waals surface area contributed by atoms with Gasteiger partial charge in [0.15, 0.2) is 0 Å². The summed E-state index contributed by atoms with van der Waals surface area (Å²) in [6.45, 7) is 5.22. The normalized spacial score (nSPS) is 17.8. The molecular weight excluding hydrogens is 406 g/mol. The fourth-order valence-electron chi connectivity index (χ4n) is 2.97. The highest BCUT2D eigenvalue weighted by atomic mass is 35.5. The molecular formula is C18H21Cl2FN6O. The van der Waals surface area contributed by atoms with Crippen molar-refractivity contribution in [2.45, 2.75) is 38.8 Å². The van der Waals surface area contributed by atoms with Gasteiger partial charge in [-0.2, -0.15) is 4.98 Å². The molecule has 3 N–H and O–H groups in total. The van der Waals surface area contributed by atoms with Crippen LogP contribution in [0.3, 0.4) is 0 Å². The Morgan fingerprint density at radius 1 is 1.43 bits per heavy atom. The van der Waals surface area contributed by atoms with Gasteiger partial charge in [-0.25, -0.2) is 4.39 Å². The van der Waals surface area contributed by atoms with Crippen molar-refractivity contribution in [1.82, 2.24) is 15.0 Å². The van der Waals surface area contributed by atoms with Crippen LogP contribution in [0.5, 0.6) is 0 Å². The summed E-state index contributed by atoms with van der Waals surface area (Å²) in [5.74, 6) is 0.637. The predicted octanol–water partition coefficient (Wildman–Crippen LogP) is 3.64. The third kappa shape index (κ3) is 4.34. The molecule has 2 aromatic rings. The van der Waals surface area contributed by atoms with Crippen molar-refractivity contribution in [2.75, 3.05) is 13.1 Å². The molecule has 0 saturated heterocycles. The minimum absolute atomic E-state index is 0.0119. The summed E-state index contributed by atoms with van der Waals surface area (Å²) in [5.41, 5.74) is 6.78. The summed E-state index contributed by atoms with van der Waals surface area (Å²) in [6.07, 6.45) is 0.233. The van der Waals surface area contributed by atoms with Crippen molar-refractivity contribution in [3.05, 3.63) is 45.3 Å². The first-order valence-corrected chi connectivity index (χ1v) is 9.61. The number of rotatable bonds is 6. The van der Waals surface area contributed by atoms with E-state index in [0.717, 1.165) is 0 Å². The molecule has 1 aliphatic heterocycles. The van der Waals surface area contributed by atoms with Crippen LogP contribution in [0.15, 0.2) is 21.6 Å². The Morgan fingerprint density at radius 2 is 2.18 bits per heavy atom. The largest absolute Gasteiger partial charge is 0.386 e. The lowest BCUT2D eigenvalue weighted by Gasteiger charge is -2.34. The molecule has 0 aliphatic carbocycles. The van der Waals surface area contributed by atoms with E-state index in [1.54, 1.807) is 0 Å². The van der Waals surface area contributed by atoms with Gasteiger partial charge in [0.05, 0.1) is 23.3 Å². The zero-order chi connectivity index (χ0) is 20.4. The molecule has 7 nitrogen and oxygen atoms in total. The Kier molecular flexibility index (Phi) is 6.32. The number of hydrogen-bond acceptors (Lipinski definition) is 7. The molecule has 0 saturated carbocycles. The molecule has 1 aromatic carbocycles. The molecule has 28 heavy (non-hydrogen) atoms. The number of aromatic nitrogens is 2. The highest BCUT2D eigenvalue weighted by Crippen LogP contribution is 2.30. The van der Waals surface area contributed by atoms with Crippen LogP contribution >= 0.6 is 23.2 Å². The molecule has 1 atom stereocenters. The molecule has 1 aromatic heterocycles. The van der Waals surface area contributed by atoms with Crippen molar-refractivity contribution >= 4 is 34.7 Å². The number of amidine groups is 1. The number of benzene rings is 1. The highest BCUT2D eigenvalue weighted by molar-refractivity contribution is 6.36. The summed E-state index contributed by atoms with van der Waals surface area (Å²) in [4.78, 5) is 10.5. The maximum absolute atomic E-state index is 13.9. The smallest absolute Gasteiger partial charge is 0.229 e. The van der Waals surface area contributed by atoms with E-state index < -0.39 is 5.82 Å². The second kappa shape index (κ2) is 8.55. The Bertz CT molecular complexity index is 913. The third-order valence-electron chi connectivity index (χ3n) is 4.57. The topological polar surface area (TPSA) is 104 Å². The van der Waals surface area contributed by atoms with Gasteiger partial charge in [-0.1, -0.05) is 42.2 Å². The van der Waals surface area contributed by atoms with E-state index in [9.17, 15) is 4.39 Å². The van der Waals surface area contributed by atoms with Gasteiger partial charge in [0, 0.05) is 36.0 Å². The first-order valence-electron chi connectivity index (χ1n) is 8.85. The minimum atomic E-state index is -0.531. The van der Waals surface area contributed by atoms with E-state index in [1.165, 1.54) is 12.1 Å². The van der Waals surface area contributed by atoms with Crippen LogP contribution < -0.4 is 5.73 Å². The lowest BCUT2D eigenvalue weighted by molar-refractivity contribution is 0.231. The molecule has 2 heterocycles. The molecule has 10 heteroatoms. The highest BCUT2D eigenvalue weighted by Gasteiger charge is 2.29. The molecule has 3 rings (SSSR count). The van der Waals surface area contributed by atoms with E-state index in [-0.39, 0.29) is 41.5 Å². The molecule has 0 radical (unpaired) electrons. The maximum Gasteiger partial charge on any atom is 0.229 e. The van der Waals surface area contributed by atoms with Crippen molar-refractivity contribution < 1.29 is 8.91 Å². The van der Waals surface area contributed by atoms with Crippen LogP contribution in [-0.2, 0) is 6.54 Å².